The van der Waals surface area contributed by atoms with Gasteiger partial charge in [0.2, 0.25) is 0 Å². The number of benzene rings is 2. The quantitative estimate of drug-likeness (QED) is 0.148. The molecule has 74 heavy (non-hydrogen) atoms. The summed E-state index contributed by atoms with van der Waals surface area (Å²) in [6.45, 7) is 17.3. The minimum Gasteiger partial charge on any atom is -0.482 e. The number of hydrogen-bond donors (Lipinski definition) is 4. The van der Waals surface area contributed by atoms with E-state index in [2.05, 4.69) is 79.8 Å². The van der Waals surface area contributed by atoms with Crippen LogP contribution < -0.4 is 25.7 Å². The fourth-order valence-electron chi connectivity index (χ4n) is 6.32. The summed E-state index contributed by atoms with van der Waals surface area (Å²) in [4.78, 5) is 46.2. The van der Waals surface area contributed by atoms with E-state index in [1.54, 1.807) is 51.2 Å². The molecule has 0 aliphatic carbocycles. The number of fused-ring (bicyclic) bond motifs is 2. The molecule has 2 aliphatic rings. The molecule has 14 nitrogen and oxygen atoms in total. The van der Waals surface area contributed by atoms with Gasteiger partial charge in [0, 0.05) is 130 Å². The molecule has 6 rings (SSSR count). The van der Waals surface area contributed by atoms with E-state index in [-0.39, 0.29) is 30.6 Å². The Morgan fingerprint density at radius 3 is 1.59 bits per heavy atom. The molecular weight excluding hydrogens is 985 g/mol. The summed E-state index contributed by atoms with van der Waals surface area (Å²) in [6, 6.07) is 17.5. The van der Waals surface area contributed by atoms with Gasteiger partial charge in [-0.2, -0.15) is 0 Å². The third kappa shape index (κ3) is 22.3. The number of nitrogens with zero attached hydrogens (tertiary/aromatic N) is 2. The van der Waals surface area contributed by atoms with Crippen molar-refractivity contribution in [2.75, 3.05) is 23.8 Å². The number of nitrogens with one attached hydrogen (secondary N) is 2. The van der Waals surface area contributed by atoms with Crippen LogP contribution in [-0.2, 0) is 19.1 Å². The molecule has 4 N–H and O–H groups in total. The number of anilines is 2. The molecule has 0 fully saturated rings. The smallest absolute Gasteiger partial charge is 0.482 e. The first-order valence-corrected chi connectivity index (χ1v) is 23.0. The molecule has 4 aromatic rings. The van der Waals surface area contributed by atoms with Gasteiger partial charge in [0.15, 0.2) is 13.2 Å². The van der Waals surface area contributed by atoms with E-state index in [1.807, 2.05) is 51.1 Å². The van der Waals surface area contributed by atoms with Crippen molar-refractivity contribution in [3.05, 3.63) is 131 Å². The lowest BCUT2D eigenvalue weighted by atomic mass is 8.46. The van der Waals surface area contributed by atoms with E-state index in [1.165, 1.54) is 23.9 Å². The van der Waals surface area contributed by atoms with Crippen LogP contribution in [0.2, 0.25) is 0 Å². The Morgan fingerprint density at radius 1 is 0.689 bits per heavy atom. The van der Waals surface area contributed by atoms with Crippen molar-refractivity contribution in [3.8, 4) is 22.8 Å². The lowest BCUT2D eigenvalue weighted by Crippen LogP contribution is -2.73. The maximum absolute atomic E-state index is 12.3. The first kappa shape index (κ1) is 64.2. The van der Waals surface area contributed by atoms with Gasteiger partial charge in [-0.25, -0.2) is 9.59 Å². The fourth-order valence-corrected chi connectivity index (χ4v) is 6.68. The lowest BCUT2D eigenvalue weighted by Gasteiger charge is -2.35. The van der Waals surface area contributed by atoms with Crippen LogP contribution in [0.4, 0.5) is 21.0 Å². The van der Waals surface area contributed by atoms with Gasteiger partial charge in [-0.05, 0) is 144 Å². The summed E-state index contributed by atoms with van der Waals surface area (Å²) < 4.78 is 24.4. The summed E-state index contributed by atoms with van der Waals surface area (Å²) in [7, 11) is 44.1. The van der Waals surface area contributed by atoms with E-state index in [9.17, 15) is 19.2 Å². The summed E-state index contributed by atoms with van der Waals surface area (Å²) >= 11 is 3.30. The highest BCUT2D eigenvalue weighted by Gasteiger charge is 2.37. The molecule has 2 aromatic carbocycles. The zero-order valence-corrected chi connectivity index (χ0v) is 43.5. The molecule has 0 atom stereocenters. The van der Waals surface area contributed by atoms with Crippen molar-refractivity contribution < 1.29 is 48.2 Å². The van der Waals surface area contributed by atoms with Crippen LogP contribution in [0, 0.1) is 0 Å². The molecule has 349 valence electrons. The molecule has 2 aromatic heterocycles. The van der Waals surface area contributed by atoms with Crippen LogP contribution in [0.3, 0.4) is 0 Å². The number of aromatic nitrogens is 2. The molecule has 0 unspecified atom stereocenters. The predicted molar refractivity (Wildman–Crippen MR) is 312 cm³/mol. The molecular formula is C43H42B16BrN4O10. The topological polar surface area (TPSA) is 180 Å². The molecule has 31 heteroatoms. The van der Waals surface area contributed by atoms with Crippen molar-refractivity contribution in [3.63, 3.8) is 0 Å². The van der Waals surface area contributed by atoms with E-state index in [4.69, 9.17) is 90.9 Å². The van der Waals surface area contributed by atoms with Crippen LogP contribution in [0.15, 0.2) is 131 Å². The Balaban J connectivity index is 0.000000329. The van der Waals surface area contributed by atoms with E-state index in [0.29, 0.717) is 17.1 Å². The Hall–Kier alpha value is -5.88. The van der Waals surface area contributed by atoms with Crippen molar-refractivity contribution >= 4 is 171 Å². The van der Waals surface area contributed by atoms with Gasteiger partial charge < -0.3 is 39.6 Å². The largest absolute Gasteiger partial charge is 0.506 e. The molecule has 0 saturated heterocycles. The van der Waals surface area contributed by atoms with Gasteiger partial charge in [-0.1, -0.05) is 27.4 Å². The molecule has 0 spiro atoms. The predicted octanol–water partition coefficient (Wildman–Crippen LogP) is 1.18. The van der Waals surface area contributed by atoms with Crippen LogP contribution in [0.5, 0.6) is 11.5 Å². The standard InChI is InChI=1S/C17H18N2O4.C9H14BNO4.C9H4.C8H6BrNO2.B15/c1-17(2,3)23-16(21)19-8-4-5-13(19)11-6-7-14-12(9-11)18-15(20)10-22-14;1-9(2,3)15-8(12)11-6-4-5-7(11)10(13)14;1-3-5-7-9-8-6-4-2;9-5-1-2-7-6(3-5)10-8(11)4-12-7;1-9-13(8)15(12(6)7)14(10(2)3)11(4)5/h4-9H,10H2,1-3H3,(H,18,20);4-6,13-14H,1-3H3;1-2H2;1-3H,4H2,(H,10,11);. The average Bonchev–Trinajstić information content (AvgIpc) is 4.02. The number of carbonyl (C=O) groups excluding carboxylic acids is 4. The molecule has 2 aliphatic heterocycles. The monoisotopic (exact) mass is 1030 g/mol. The summed E-state index contributed by atoms with van der Waals surface area (Å²) in [5, 5.41) is 23.4. The first-order valence-electron chi connectivity index (χ1n) is 22.2. The second-order valence-corrected chi connectivity index (χ2v) is 18.5. The zero-order chi connectivity index (χ0) is 55.9. The highest BCUT2D eigenvalue weighted by atomic mass is 79.9. The average molecular weight is 1030 g/mol. The zero-order valence-electron chi connectivity index (χ0n) is 41.9. The molecule has 0 saturated carbocycles. The minimum absolute atomic E-state index is 0.0145. The van der Waals surface area contributed by atoms with Crippen molar-refractivity contribution in [2.45, 2.75) is 52.7 Å². The molecule has 2 amide bonds. The van der Waals surface area contributed by atoms with Gasteiger partial charge >= 0.3 is 19.3 Å². The second-order valence-electron chi connectivity index (χ2n) is 17.6. The number of halogens is 1. The molecule has 0 bridgehead atoms. The van der Waals surface area contributed by atoms with Crippen LogP contribution >= 0.6 is 15.9 Å². The lowest BCUT2D eigenvalue weighted by molar-refractivity contribution is -0.119. The van der Waals surface area contributed by atoms with Crippen LogP contribution in [0.1, 0.15) is 41.5 Å². The highest BCUT2D eigenvalue weighted by Crippen LogP contribution is 2.33. The number of rotatable bonds is 8. The van der Waals surface area contributed by atoms with Gasteiger partial charge in [0.1, 0.15) is 22.7 Å². The number of ether oxygens (including phenoxy) is 4. The Morgan fingerprint density at radius 2 is 1.14 bits per heavy atom. The third-order valence-corrected chi connectivity index (χ3v) is 9.82. The third-order valence-electron chi connectivity index (χ3n) is 9.33. The van der Waals surface area contributed by atoms with Gasteiger partial charge in [0.05, 0.1) is 22.7 Å². The van der Waals surface area contributed by atoms with E-state index >= 15 is 0 Å². The van der Waals surface area contributed by atoms with Crippen molar-refractivity contribution in [1.82, 2.24) is 9.13 Å². The maximum Gasteiger partial charge on any atom is 0.506 e. The summed E-state index contributed by atoms with van der Waals surface area (Å²) in [5.41, 5.74) is 18.7. The molecule has 17 radical (unpaired) electrons. The molecule has 4 heterocycles. The second kappa shape index (κ2) is 31.1. The Kier molecular flexibility index (Phi) is 27.0. The van der Waals surface area contributed by atoms with Crippen LogP contribution in [-0.4, -0.2) is 182 Å². The van der Waals surface area contributed by atoms with E-state index < -0.39 is 68.8 Å². The summed E-state index contributed by atoms with van der Waals surface area (Å²) in [5.74, 6) is 1.03. The first-order chi connectivity index (χ1) is 34.6. The number of hydrogen-bond acceptors (Lipinski definition) is 10. The van der Waals surface area contributed by atoms with Crippen molar-refractivity contribution in [2.24, 2.45) is 0 Å². The number of amides is 2. The summed E-state index contributed by atoms with van der Waals surface area (Å²) in [6.07, 6.45) is -1.78. The fraction of sp³-hybridized carbons (Fsp3) is 0.233. The minimum atomic E-state index is -1.69. The Bertz CT molecular complexity index is 2790. The SMILES string of the molecule is C=C=C=C=C=C=C=C=C.CC(C)(C)OC(=O)n1cccc1-c1ccc2c(c1)NC(=O)CO2.CC(C)(C)OC(=O)n1cccc1B(O)O.O=C1COc2ccc(Br)cc2N1.[B][B]B([B])B(B([B])[B])B(B([B])[B])B([B])[B]. The number of carbonyl (C=O) groups is 4. The van der Waals surface area contributed by atoms with Crippen LogP contribution in [0.25, 0.3) is 11.3 Å². The Labute approximate surface area is 456 Å². The normalized spacial score (nSPS) is 11.1. The van der Waals surface area contributed by atoms with Crippen molar-refractivity contribution in [1.29, 1.82) is 0 Å². The van der Waals surface area contributed by atoms with E-state index in [0.717, 1.165) is 26.0 Å². The highest BCUT2D eigenvalue weighted by molar-refractivity contribution is 9.10. The van der Waals surface area contributed by atoms with Gasteiger partial charge in [-0.15, -0.1) is 0 Å². The maximum atomic E-state index is 12.3. The van der Waals surface area contributed by atoms with Gasteiger partial charge in [-0.3, -0.25) is 18.7 Å². The van der Waals surface area contributed by atoms with Gasteiger partial charge in [0.25, 0.3) is 11.8 Å².